The van der Waals surface area contributed by atoms with Crippen LogP contribution in [0.3, 0.4) is 0 Å². The Kier molecular flexibility index (Phi) is 3.39. The third-order valence-electron chi connectivity index (χ3n) is 3.16. The van der Waals surface area contributed by atoms with Crippen molar-refractivity contribution in [1.29, 1.82) is 5.26 Å². The number of benzene rings is 1. The number of nitrogens with zero attached hydrogens (tertiary/aromatic N) is 1. The van der Waals surface area contributed by atoms with Gasteiger partial charge in [0.1, 0.15) is 5.54 Å². The van der Waals surface area contributed by atoms with Gasteiger partial charge in [0.25, 0.3) is 0 Å². The van der Waals surface area contributed by atoms with Crippen LogP contribution in [0.15, 0.2) is 29.2 Å². The summed E-state index contributed by atoms with van der Waals surface area (Å²) in [5.41, 5.74) is -0.544. The van der Waals surface area contributed by atoms with Gasteiger partial charge in [0.15, 0.2) is 9.84 Å². The van der Waals surface area contributed by atoms with Crippen LogP contribution in [0.4, 0.5) is 0 Å². The van der Waals surface area contributed by atoms with Gasteiger partial charge in [0, 0.05) is 12.1 Å². The summed E-state index contributed by atoms with van der Waals surface area (Å²) in [6.07, 6.45) is 0.197. The Morgan fingerprint density at radius 3 is 2.83 bits per heavy atom. The molecule has 96 valence electrons. The van der Waals surface area contributed by atoms with E-state index in [1.165, 1.54) is 6.07 Å². The van der Waals surface area contributed by atoms with E-state index in [1.54, 1.807) is 18.2 Å². The van der Waals surface area contributed by atoms with E-state index in [2.05, 4.69) is 11.4 Å². The van der Waals surface area contributed by atoms with Crippen molar-refractivity contribution in [1.82, 2.24) is 5.32 Å². The number of aliphatic hydroxyl groups excluding tert-OH is 1. The average Bonchev–Trinajstić information content (AvgIpc) is 2.39. The molecule has 1 aliphatic rings. The van der Waals surface area contributed by atoms with Crippen molar-refractivity contribution in [3.63, 3.8) is 0 Å². The average molecular weight is 266 g/mol. The third-order valence-corrected chi connectivity index (χ3v) is 4.92. The number of rotatable bonds is 3. The van der Waals surface area contributed by atoms with E-state index in [9.17, 15) is 13.7 Å². The fourth-order valence-corrected chi connectivity index (χ4v) is 3.89. The second kappa shape index (κ2) is 4.69. The monoisotopic (exact) mass is 266 g/mol. The molecule has 5 nitrogen and oxygen atoms in total. The predicted molar refractivity (Wildman–Crippen MR) is 65.5 cm³/mol. The van der Waals surface area contributed by atoms with Crippen LogP contribution in [0.2, 0.25) is 0 Å². The Morgan fingerprint density at radius 2 is 2.17 bits per heavy atom. The second-order valence-corrected chi connectivity index (χ2v) is 6.31. The van der Waals surface area contributed by atoms with Crippen LogP contribution in [0, 0.1) is 11.3 Å². The Balaban J connectivity index is 2.57. The van der Waals surface area contributed by atoms with Crippen LogP contribution in [0.5, 0.6) is 0 Å². The zero-order valence-corrected chi connectivity index (χ0v) is 10.6. The smallest absolute Gasteiger partial charge is 0.178 e. The first kappa shape index (κ1) is 13.0. The summed E-state index contributed by atoms with van der Waals surface area (Å²) in [6, 6.07) is 8.70. The molecule has 1 aromatic rings. The van der Waals surface area contributed by atoms with Crippen LogP contribution in [-0.4, -0.2) is 32.4 Å². The largest absolute Gasteiger partial charge is 0.395 e. The Bertz CT molecular complexity index is 592. The molecule has 0 aliphatic carbocycles. The zero-order valence-electron chi connectivity index (χ0n) is 9.76. The summed E-state index contributed by atoms with van der Waals surface area (Å²) < 4.78 is 23.9. The van der Waals surface area contributed by atoms with Gasteiger partial charge in [-0.3, -0.25) is 5.32 Å². The Morgan fingerprint density at radius 1 is 1.44 bits per heavy atom. The molecule has 0 aromatic heterocycles. The van der Waals surface area contributed by atoms with E-state index in [0.717, 1.165) is 0 Å². The van der Waals surface area contributed by atoms with E-state index in [4.69, 9.17) is 5.11 Å². The molecular formula is C12H14N2O3S. The molecule has 0 saturated heterocycles. The summed E-state index contributed by atoms with van der Waals surface area (Å²) in [7, 11) is -3.30. The number of nitrogens with one attached hydrogen (secondary N) is 1. The van der Waals surface area contributed by atoms with Gasteiger partial charge < -0.3 is 5.11 Å². The quantitative estimate of drug-likeness (QED) is 0.813. The van der Waals surface area contributed by atoms with Crippen LogP contribution < -0.4 is 5.32 Å². The summed E-state index contributed by atoms with van der Waals surface area (Å²) in [4.78, 5) is 0.211. The van der Waals surface area contributed by atoms with Crippen molar-refractivity contribution in [2.75, 3.05) is 18.9 Å². The molecule has 18 heavy (non-hydrogen) atoms. The van der Waals surface area contributed by atoms with Gasteiger partial charge in [-0.2, -0.15) is 5.26 Å². The molecule has 1 unspecified atom stereocenters. The van der Waals surface area contributed by atoms with E-state index in [1.807, 2.05) is 0 Å². The molecule has 0 radical (unpaired) electrons. The van der Waals surface area contributed by atoms with Gasteiger partial charge in [-0.25, -0.2) is 8.42 Å². The first-order valence-electron chi connectivity index (χ1n) is 5.65. The third kappa shape index (κ3) is 2.01. The molecular weight excluding hydrogens is 252 g/mol. The lowest BCUT2D eigenvalue weighted by Gasteiger charge is -2.33. The molecule has 1 aliphatic heterocycles. The highest BCUT2D eigenvalue weighted by Gasteiger charge is 2.41. The van der Waals surface area contributed by atoms with E-state index in [-0.39, 0.29) is 30.2 Å². The minimum atomic E-state index is -3.30. The molecule has 2 rings (SSSR count). The summed E-state index contributed by atoms with van der Waals surface area (Å²) in [5, 5.41) is 21.2. The molecule has 0 fully saturated rings. The maximum absolute atomic E-state index is 12.0. The highest BCUT2D eigenvalue weighted by atomic mass is 32.2. The van der Waals surface area contributed by atoms with Gasteiger partial charge in [-0.15, -0.1) is 0 Å². The fourth-order valence-electron chi connectivity index (χ4n) is 2.23. The van der Waals surface area contributed by atoms with Crippen molar-refractivity contribution >= 4 is 9.84 Å². The van der Waals surface area contributed by atoms with Crippen molar-refractivity contribution in [3.05, 3.63) is 29.8 Å². The lowest BCUT2D eigenvalue weighted by atomic mass is 9.88. The van der Waals surface area contributed by atoms with Crippen LogP contribution in [0.1, 0.15) is 12.0 Å². The van der Waals surface area contributed by atoms with E-state index in [0.29, 0.717) is 5.56 Å². The highest BCUT2D eigenvalue weighted by Crippen LogP contribution is 2.36. The second-order valence-electron chi connectivity index (χ2n) is 4.23. The summed E-state index contributed by atoms with van der Waals surface area (Å²) in [6.45, 7) is 0.153. The topological polar surface area (TPSA) is 90.2 Å². The van der Waals surface area contributed by atoms with Crippen LogP contribution >= 0.6 is 0 Å². The van der Waals surface area contributed by atoms with E-state index >= 15 is 0 Å². The van der Waals surface area contributed by atoms with Crippen LogP contribution in [0.25, 0.3) is 0 Å². The lowest BCUT2D eigenvalue weighted by Crippen LogP contribution is -2.47. The molecule has 0 bridgehead atoms. The molecule has 0 spiro atoms. The SMILES string of the molecule is N#CC1(NCCO)CCS(=O)(=O)c2ccccc21. The van der Waals surface area contributed by atoms with Gasteiger partial charge in [-0.1, -0.05) is 18.2 Å². The standard InChI is InChI=1S/C12H14N2O3S/c13-9-12(14-6-7-15)5-8-18(16,17)11-4-2-1-3-10(11)12/h1-4,14-15H,5-8H2. The molecule has 1 aromatic carbocycles. The molecule has 2 N–H and O–H groups in total. The Labute approximate surface area is 106 Å². The van der Waals surface area contributed by atoms with Crippen molar-refractivity contribution in [2.24, 2.45) is 0 Å². The summed E-state index contributed by atoms with van der Waals surface area (Å²) in [5.74, 6) is -0.0595. The molecule has 1 heterocycles. The number of sulfone groups is 1. The maximum Gasteiger partial charge on any atom is 0.178 e. The first-order valence-corrected chi connectivity index (χ1v) is 7.30. The number of aliphatic hydroxyl groups is 1. The molecule has 0 saturated carbocycles. The number of fused-ring (bicyclic) bond motifs is 1. The number of hydrogen-bond acceptors (Lipinski definition) is 5. The van der Waals surface area contributed by atoms with Crippen molar-refractivity contribution in [3.8, 4) is 6.07 Å². The molecule has 6 heteroatoms. The normalized spacial score (nSPS) is 25.1. The summed E-state index contributed by atoms with van der Waals surface area (Å²) >= 11 is 0. The predicted octanol–water partition coefficient (Wildman–Crippen LogP) is 0.165. The lowest BCUT2D eigenvalue weighted by molar-refractivity contribution is 0.268. The van der Waals surface area contributed by atoms with Crippen molar-refractivity contribution < 1.29 is 13.5 Å². The Hall–Kier alpha value is -1.42. The first-order chi connectivity index (χ1) is 8.56. The maximum atomic E-state index is 12.0. The number of hydrogen-bond donors (Lipinski definition) is 2. The van der Waals surface area contributed by atoms with Gasteiger partial charge in [0.2, 0.25) is 0 Å². The zero-order chi connectivity index (χ0) is 13.2. The minimum Gasteiger partial charge on any atom is -0.395 e. The minimum absolute atomic E-state index is 0.0595. The fraction of sp³-hybridized carbons (Fsp3) is 0.417. The van der Waals surface area contributed by atoms with E-state index < -0.39 is 15.4 Å². The van der Waals surface area contributed by atoms with Gasteiger partial charge >= 0.3 is 0 Å². The molecule has 1 atom stereocenters. The van der Waals surface area contributed by atoms with Crippen LogP contribution in [-0.2, 0) is 15.4 Å². The van der Waals surface area contributed by atoms with Gasteiger partial charge in [-0.05, 0) is 12.5 Å². The molecule has 0 amide bonds. The van der Waals surface area contributed by atoms with Gasteiger partial charge in [0.05, 0.1) is 23.3 Å². The van der Waals surface area contributed by atoms with Crippen molar-refractivity contribution in [2.45, 2.75) is 16.9 Å². The highest BCUT2D eigenvalue weighted by molar-refractivity contribution is 7.91. The number of nitriles is 1.